The molecule has 1 heterocycles. The van der Waals surface area contributed by atoms with Crippen molar-refractivity contribution in [2.45, 2.75) is 6.42 Å². The van der Waals surface area contributed by atoms with Crippen molar-refractivity contribution < 1.29 is 14.7 Å². The zero-order chi connectivity index (χ0) is 15.2. The lowest BCUT2D eigenvalue weighted by Crippen LogP contribution is -2.26. The van der Waals surface area contributed by atoms with E-state index in [2.05, 4.69) is 10.3 Å². The Morgan fingerprint density at radius 3 is 2.71 bits per heavy atom. The summed E-state index contributed by atoms with van der Waals surface area (Å²) in [6.07, 6.45) is 1.89. The van der Waals surface area contributed by atoms with Crippen LogP contribution in [0.4, 0.5) is 0 Å². The van der Waals surface area contributed by atoms with Crippen molar-refractivity contribution in [2.75, 3.05) is 6.54 Å². The Morgan fingerprint density at radius 2 is 2.00 bits per heavy atom. The van der Waals surface area contributed by atoms with Crippen LogP contribution in [0.2, 0.25) is 5.15 Å². The predicted molar refractivity (Wildman–Crippen MR) is 78.7 cm³/mol. The highest BCUT2D eigenvalue weighted by molar-refractivity contribution is 6.29. The largest absolute Gasteiger partial charge is 0.478 e. The zero-order valence-electron chi connectivity index (χ0n) is 11.0. The number of hydrogen-bond acceptors (Lipinski definition) is 3. The molecule has 108 valence electrons. The summed E-state index contributed by atoms with van der Waals surface area (Å²) >= 11 is 5.72. The highest BCUT2D eigenvalue weighted by Gasteiger charge is 2.10. The highest BCUT2D eigenvalue weighted by Crippen LogP contribution is 2.10. The van der Waals surface area contributed by atoms with E-state index in [-0.39, 0.29) is 16.6 Å². The van der Waals surface area contributed by atoms with Crippen molar-refractivity contribution in [1.82, 2.24) is 10.3 Å². The number of amides is 1. The summed E-state index contributed by atoms with van der Waals surface area (Å²) in [7, 11) is 0. The van der Waals surface area contributed by atoms with Gasteiger partial charge in [-0.25, -0.2) is 9.78 Å². The molecule has 0 unspecified atom stereocenters. The Balaban J connectivity index is 1.96. The summed E-state index contributed by atoms with van der Waals surface area (Å²) in [4.78, 5) is 26.8. The van der Waals surface area contributed by atoms with Crippen LogP contribution in [0.25, 0.3) is 0 Å². The molecule has 0 saturated heterocycles. The molecular formula is C15H13ClN2O3. The van der Waals surface area contributed by atoms with E-state index in [1.165, 1.54) is 12.3 Å². The number of carbonyl (C=O) groups is 2. The Hall–Kier alpha value is -2.40. The molecule has 0 atom stereocenters. The third-order valence-corrected chi connectivity index (χ3v) is 3.12. The van der Waals surface area contributed by atoms with Crippen LogP contribution in [0.5, 0.6) is 0 Å². The summed E-state index contributed by atoms with van der Waals surface area (Å²) < 4.78 is 0. The van der Waals surface area contributed by atoms with Gasteiger partial charge in [0, 0.05) is 18.3 Å². The molecule has 0 radical (unpaired) electrons. The van der Waals surface area contributed by atoms with Gasteiger partial charge in [-0.1, -0.05) is 29.8 Å². The maximum Gasteiger partial charge on any atom is 0.335 e. The van der Waals surface area contributed by atoms with Crippen molar-refractivity contribution in [3.8, 4) is 0 Å². The van der Waals surface area contributed by atoms with Gasteiger partial charge in [-0.2, -0.15) is 0 Å². The number of carboxylic acid groups (broad SMARTS) is 1. The van der Waals surface area contributed by atoms with Crippen LogP contribution in [0.1, 0.15) is 26.3 Å². The molecule has 2 N–H and O–H groups in total. The van der Waals surface area contributed by atoms with Crippen LogP contribution in [0.3, 0.4) is 0 Å². The van der Waals surface area contributed by atoms with Crippen LogP contribution in [-0.2, 0) is 6.42 Å². The van der Waals surface area contributed by atoms with Crippen LogP contribution >= 0.6 is 11.6 Å². The van der Waals surface area contributed by atoms with Gasteiger partial charge in [0.2, 0.25) is 0 Å². The zero-order valence-corrected chi connectivity index (χ0v) is 11.8. The van der Waals surface area contributed by atoms with Crippen LogP contribution in [-0.4, -0.2) is 28.5 Å². The molecule has 1 aromatic heterocycles. The monoisotopic (exact) mass is 304 g/mol. The van der Waals surface area contributed by atoms with Crippen molar-refractivity contribution in [2.24, 2.45) is 0 Å². The van der Waals surface area contributed by atoms with Crippen LogP contribution < -0.4 is 5.32 Å². The standard InChI is InChI=1S/C15H13ClN2O3/c16-13-9-11(6-7-17-13)14(19)18-8-5-10-3-1-2-4-12(10)15(20)21/h1-4,6-7,9H,5,8H2,(H,18,19)(H,20,21). The van der Waals surface area contributed by atoms with Gasteiger partial charge in [-0.3, -0.25) is 4.79 Å². The second-order valence-corrected chi connectivity index (χ2v) is 4.72. The quantitative estimate of drug-likeness (QED) is 0.831. The number of nitrogens with zero attached hydrogens (tertiary/aromatic N) is 1. The van der Waals surface area contributed by atoms with E-state index in [0.717, 1.165) is 0 Å². The highest BCUT2D eigenvalue weighted by atomic mass is 35.5. The average Bonchev–Trinajstić information content (AvgIpc) is 2.47. The fraction of sp³-hybridized carbons (Fsp3) is 0.133. The fourth-order valence-corrected chi connectivity index (χ4v) is 2.08. The van der Waals surface area contributed by atoms with Crippen molar-refractivity contribution in [1.29, 1.82) is 0 Å². The van der Waals surface area contributed by atoms with Gasteiger partial charge in [0.1, 0.15) is 5.15 Å². The Labute approximate surface area is 126 Å². The first-order valence-electron chi connectivity index (χ1n) is 6.29. The van der Waals surface area contributed by atoms with Gasteiger partial charge in [-0.15, -0.1) is 0 Å². The molecule has 0 saturated carbocycles. The molecule has 1 amide bonds. The Kier molecular flexibility index (Phi) is 4.90. The number of carboxylic acids is 1. The van der Waals surface area contributed by atoms with Crippen LogP contribution in [0, 0.1) is 0 Å². The SMILES string of the molecule is O=C(NCCc1ccccc1C(=O)O)c1ccnc(Cl)c1. The van der Waals surface area contributed by atoms with E-state index in [9.17, 15) is 9.59 Å². The van der Waals surface area contributed by atoms with Crippen molar-refractivity contribution >= 4 is 23.5 Å². The summed E-state index contributed by atoms with van der Waals surface area (Å²) in [5, 5.41) is 12.0. The van der Waals surface area contributed by atoms with Gasteiger partial charge < -0.3 is 10.4 Å². The molecule has 5 nitrogen and oxygen atoms in total. The minimum Gasteiger partial charge on any atom is -0.478 e. The number of hydrogen-bond donors (Lipinski definition) is 2. The molecule has 0 spiro atoms. The van der Waals surface area contributed by atoms with E-state index >= 15 is 0 Å². The van der Waals surface area contributed by atoms with Crippen molar-refractivity contribution in [3.05, 3.63) is 64.4 Å². The van der Waals surface area contributed by atoms with Crippen LogP contribution in [0.15, 0.2) is 42.6 Å². The van der Waals surface area contributed by atoms with Gasteiger partial charge in [0.05, 0.1) is 5.56 Å². The number of halogens is 1. The van der Waals surface area contributed by atoms with Gasteiger partial charge in [0.15, 0.2) is 0 Å². The van der Waals surface area contributed by atoms with E-state index in [1.807, 2.05) is 0 Å². The minimum atomic E-state index is -0.974. The van der Waals surface area contributed by atoms with E-state index in [0.29, 0.717) is 24.1 Å². The Bertz CT molecular complexity index is 673. The second-order valence-electron chi connectivity index (χ2n) is 4.34. The number of carbonyl (C=O) groups excluding carboxylic acids is 1. The maximum absolute atomic E-state index is 11.9. The predicted octanol–water partition coefficient (Wildman–Crippen LogP) is 2.41. The second kappa shape index (κ2) is 6.85. The number of rotatable bonds is 5. The molecule has 2 aromatic rings. The number of aromatic nitrogens is 1. The van der Waals surface area contributed by atoms with Gasteiger partial charge in [0.25, 0.3) is 5.91 Å². The molecule has 21 heavy (non-hydrogen) atoms. The summed E-state index contributed by atoms with van der Waals surface area (Å²) in [5.74, 6) is -1.25. The number of benzene rings is 1. The first-order chi connectivity index (χ1) is 10.1. The third-order valence-electron chi connectivity index (χ3n) is 2.92. The fourth-order valence-electron chi connectivity index (χ4n) is 1.90. The summed E-state index contributed by atoms with van der Waals surface area (Å²) in [6, 6.07) is 9.76. The molecule has 2 rings (SSSR count). The lowest BCUT2D eigenvalue weighted by Gasteiger charge is -2.07. The smallest absolute Gasteiger partial charge is 0.335 e. The molecule has 6 heteroatoms. The molecular weight excluding hydrogens is 292 g/mol. The lowest BCUT2D eigenvalue weighted by molar-refractivity contribution is 0.0695. The molecule has 0 aliphatic rings. The lowest BCUT2D eigenvalue weighted by atomic mass is 10.0. The molecule has 0 fully saturated rings. The van der Waals surface area contributed by atoms with Gasteiger partial charge in [-0.05, 0) is 30.2 Å². The average molecular weight is 305 g/mol. The molecule has 0 aliphatic heterocycles. The molecule has 0 aliphatic carbocycles. The number of aromatic carboxylic acids is 1. The Morgan fingerprint density at radius 1 is 1.24 bits per heavy atom. The van der Waals surface area contributed by atoms with Crippen molar-refractivity contribution in [3.63, 3.8) is 0 Å². The summed E-state index contributed by atoms with van der Waals surface area (Å²) in [5.41, 5.74) is 1.35. The van der Waals surface area contributed by atoms with E-state index < -0.39 is 5.97 Å². The topological polar surface area (TPSA) is 79.3 Å². The maximum atomic E-state index is 11.9. The summed E-state index contributed by atoms with van der Waals surface area (Å²) in [6.45, 7) is 0.336. The molecule has 0 bridgehead atoms. The normalized spacial score (nSPS) is 10.1. The van der Waals surface area contributed by atoms with E-state index in [4.69, 9.17) is 16.7 Å². The van der Waals surface area contributed by atoms with E-state index in [1.54, 1.807) is 30.3 Å². The molecule has 1 aromatic carbocycles. The minimum absolute atomic E-state index is 0.249. The third kappa shape index (κ3) is 4.03. The first-order valence-corrected chi connectivity index (χ1v) is 6.66. The van der Waals surface area contributed by atoms with Gasteiger partial charge >= 0.3 is 5.97 Å². The number of nitrogens with one attached hydrogen (secondary N) is 1. The number of pyridine rings is 1. The first kappa shape index (κ1) is 15.0.